The van der Waals surface area contributed by atoms with Crippen LogP contribution in [0.3, 0.4) is 0 Å². The van der Waals surface area contributed by atoms with E-state index in [1.165, 1.54) is 36.1 Å². The van der Waals surface area contributed by atoms with Gasteiger partial charge in [0.15, 0.2) is 0 Å². The van der Waals surface area contributed by atoms with Crippen LogP contribution in [0.4, 0.5) is 0 Å². The van der Waals surface area contributed by atoms with Crippen molar-refractivity contribution in [2.45, 2.75) is 30.5 Å². The van der Waals surface area contributed by atoms with Gasteiger partial charge < -0.3 is 0 Å². The van der Waals surface area contributed by atoms with Crippen molar-refractivity contribution in [1.29, 1.82) is 0 Å². The van der Waals surface area contributed by atoms with Crippen LogP contribution in [-0.4, -0.2) is 0 Å². The largest absolute Gasteiger partial charge is 0.149 e. The Morgan fingerprint density at radius 1 is 1.00 bits per heavy atom. The Morgan fingerprint density at radius 2 is 1.82 bits per heavy atom. The molecule has 0 amide bonds. The highest BCUT2D eigenvalue weighted by atomic mass is 79.9. The lowest BCUT2D eigenvalue weighted by Crippen LogP contribution is -1.90. The molecule has 17 heavy (non-hydrogen) atoms. The molecule has 2 rings (SSSR count). The maximum absolute atomic E-state index is 3.77. The Labute approximate surface area is 116 Å². The lowest BCUT2D eigenvalue weighted by Gasteiger charge is -2.09. The summed E-state index contributed by atoms with van der Waals surface area (Å²) in [5, 5.41) is 2.16. The molecule has 0 saturated heterocycles. The molecular formula is C15H17BrS. The molecule has 0 saturated carbocycles. The van der Waals surface area contributed by atoms with Gasteiger partial charge >= 0.3 is 0 Å². The van der Waals surface area contributed by atoms with Gasteiger partial charge in [-0.25, -0.2) is 0 Å². The molecule has 90 valence electrons. The van der Waals surface area contributed by atoms with Crippen molar-refractivity contribution in [3.8, 4) is 0 Å². The lowest BCUT2D eigenvalue weighted by atomic mass is 10.1. The third-order valence-corrected chi connectivity index (χ3v) is 4.79. The summed E-state index contributed by atoms with van der Waals surface area (Å²) in [6.45, 7) is 0. The summed E-state index contributed by atoms with van der Waals surface area (Å²) in [6, 6.07) is 15.0. The second-order valence-corrected chi connectivity index (χ2v) is 6.34. The summed E-state index contributed by atoms with van der Waals surface area (Å²) in [6.07, 6.45) is 5.01. The van der Waals surface area contributed by atoms with Gasteiger partial charge in [-0.05, 0) is 36.3 Å². The van der Waals surface area contributed by atoms with Crippen molar-refractivity contribution in [3.63, 3.8) is 0 Å². The van der Waals surface area contributed by atoms with Crippen molar-refractivity contribution in [3.05, 3.63) is 58.3 Å². The number of rotatable bonds is 6. The number of hydrogen-bond acceptors (Lipinski definition) is 1. The van der Waals surface area contributed by atoms with E-state index in [9.17, 15) is 0 Å². The van der Waals surface area contributed by atoms with E-state index in [1.807, 2.05) is 11.3 Å². The fraction of sp³-hybridized carbons (Fsp3) is 0.333. The van der Waals surface area contributed by atoms with Crippen molar-refractivity contribution < 1.29 is 0 Å². The van der Waals surface area contributed by atoms with Crippen molar-refractivity contribution in [2.75, 3.05) is 0 Å². The molecule has 1 aromatic carbocycles. The molecule has 0 bridgehead atoms. The molecule has 0 N–H and O–H groups in total. The predicted octanol–water partition coefficient (Wildman–Crippen LogP) is 5.60. The van der Waals surface area contributed by atoms with Gasteiger partial charge in [-0.3, -0.25) is 0 Å². The van der Waals surface area contributed by atoms with Gasteiger partial charge in [-0.1, -0.05) is 58.7 Å². The molecule has 1 unspecified atom stereocenters. The van der Waals surface area contributed by atoms with Gasteiger partial charge in [0, 0.05) is 9.70 Å². The second-order valence-electron chi connectivity index (χ2n) is 4.20. The smallest absolute Gasteiger partial charge is 0.0395 e. The third-order valence-electron chi connectivity index (χ3n) is 2.87. The number of thiophene rings is 1. The van der Waals surface area contributed by atoms with Crippen LogP contribution in [0.5, 0.6) is 0 Å². The molecule has 0 aliphatic carbocycles. The normalized spacial score (nSPS) is 12.5. The highest BCUT2D eigenvalue weighted by Gasteiger charge is 2.06. The molecule has 1 aromatic heterocycles. The summed E-state index contributed by atoms with van der Waals surface area (Å²) in [7, 11) is 0. The van der Waals surface area contributed by atoms with Gasteiger partial charge in [0.25, 0.3) is 0 Å². The van der Waals surface area contributed by atoms with Crippen molar-refractivity contribution in [1.82, 2.24) is 0 Å². The first-order valence-corrected chi connectivity index (χ1v) is 7.87. The Kier molecular flexibility index (Phi) is 5.27. The fourth-order valence-electron chi connectivity index (χ4n) is 1.91. The predicted molar refractivity (Wildman–Crippen MR) is 80.0 cm³/mol. The SMILES string of the molecule is BrC(CCCCc1cccs1)c1ccccc1. The molecule has 1 heterocycles. The minimum Gasteiger partial charge on any atom is -0.149 e. The van der Waals surface area contributed by atoms with Crippen LogP contribution in [0, 0.1) is 0 Å². The second kappa shape index (κ2) is 6.97. The Bertz CT molecular complexity index is 408. The van der Waals surface area contributed by atoms with Crippen LogP contribution in [0.15, 0.2) is 47.8 Å². The average molecular weight is 309 g/mol. The van der Waals surface area contributed by atoms with Crippen LogP contribution in [-0.2, 0) is 6.42 Å². The van der Waals surface area contributed by atoms with E-state index in [1.54, 1.807) is 0 Å². The zero-order valence-corrected chi connectivity index (χ0v) is 12.2. The summed E-state index contributed by atoms with van der Waals surface area (Å²) in [5.74, 6) is 0. The van der Waals surface area contributed by atoms with Crippen molar-refractivity contribution >= 4 is 27.3 Å². The Hall–Kier alpha value is -0.600. The summed E-state index contributed by atoms with van der Waals surface area (Å²) < 4.78 is 0. The van der Waals surface area contributed by atoms with E-state index in [0.29, 0.717) is 4.83 Å². The number of alkyl halides is 1. The van der Waals surface area contributed by atoms with E-state index in [4.69, 9.17) is 0 Å². The first-order valence-electron chi connectivity index (χ1n) is 6.07. The molecule has 0 aliphatic rings. The minimum absolute atomic E-state index is 0.507. The maximum atomic E-state index is 3.77. The molecule has 0 fully saturated rings. The van der Waals surface area contributed by atoms with E-state index < -0.39 is 0 Å². The van der Waals surface area contributed by atoms with Crippen LogP contribution in [0.1, 0.15) is 34.5 Å². The molecule has 0 nitrogen and oxygen atoms in total. The molecule has 0 radical (unpaired) electrons. The highest BCUT2D eigenvalue weighted by molar-refractivity contribution is 9.09. The highest BCUT2D eigenvalue weighted by Crippen LogP contribution is 2.28. The number of hydrogen-bond donors (Lipinski definition) is 0. The zero-order chi connectivity index (χ0) is 11.9. The van der Waals surface area contributed by atoms with Crippen molar-refractivity contribution in [2.24, 2.45) is 0 Å². The van der Waals surface area contributed by atoms with Crippen LogP contribution in [0.2, 0.25) is 0 Å². The van der Waals surface area contributed by atoms with Gasteiger partial charge in [-0.2, -0.15) is 0 Å². The molecule has 0 spiro atoms. The van der Waals surface area contributed by atoms with Crippen LogP contribution < -0.4 is 0 Å². The summed E-state index contributed by atoms with van der Waals surface area (Å²) in [4.78, 5) is 2.02. The van der Waals surface area contributed by atoms with E-state index >= 15 is 0 Å². The first-order chi connectivity index (χ1) is 8.36. The molecular weight excluding hydrogens is 292 g/mol. The topological polar surface area (TPSA) is 0 Å². The van der Waals surface area contributed by atoms with Gasteiger partial charge in [0.1, 0.15) is 0 Å². The molecule has 0 aliphatic heterocycles. The average Bonchev–Trinajstić information content (AvgIpc) is 2.88. The van der Waals surface area contributed by atoms with E-state index in [-0.39, 0.29) is 0 Å². The Morgan fingerprint density at radius 3 is 2.53 bits per heavy atom. The number of aryl methyl sites for hydroxylation is 1. The minimum atomic E-state index is 0.507. The molecule has 1 atom stereocenters. The Balaban J connectivity index is 1.68. The standard InChI is InChI=1S/C15H17BrS/c16-15(13-7-2-1-3-8-13)11-5-4-9-14-10-6-12-17-14/h1-3,6-8,10,12,15H,4-5,9,11H2. The van der Waals surface area contributed by atoms with Gasteiger partial charge in [-0.15, -0.1) is 11.3 Å². The van der Waals surface area contributed by atoms with E-state index in [2.05, 4.69) is 63.8 Å². The number of unbranched alkanes of at least 4 members (excludes halogenated alkanes) is 1. The first kappa shape index (κ1) is 12.8. The quantitative estimate of drug-likeness (QED) is 0.481. The zero-order valence-electron chi connectivity index (χ0n) is 9.81. The summed E-state index contributed by atoms with van der Waals surface area (Å²) in [5.41, 5.74) is 1.39. The van der Waals surface area contributed by atoms with Crippen LogP contribution >= 0.6 is 27.3 Å². The summed E-state index contributed by atoms with van der Waals surface area (Å²) >= 11 is 5.63. The van der Waals surface area contributed by atoms with Gasteiger partial charge in [0.2, 0.25) is 0 Å². The fourth-order valence-corrected chi connectivity index (χ4v) is 3.29. The number of benzene rings is 1. The van der Waals surface area contributed by atoms with Gasteiger partial charge in [0.05, 0.1) is 0 Å². The van der Waals surface area contributed by atoms with Crippen LogP contribution in [0.25, 0.3) is 0 Å². The lowest BCUT2D eigenvalue weighted by molar-refractivity contribution is 0.679. The third kappa shape index (κ3) is 4.29. The monoisotopic (exact) mass is 308 g/mol. The molecule has 2 aromatic rings. The molecule has 2 heteroatoms. The van der Waals surface area contributed by atoms with E-state index in [0.717, 1.165) is 0 Å². The maximum Gasteiger partial charge on any atom is 0.0395 e. The number of halogens is 1.